The van der Waals surface area contributed by atoms with E-state index in [1.165, 1.54) is 43.5 Å². The highest BCUT2D eigenvalue weighted by atomic mass is 35.6. The van der Waals surface area contributed by atoms with Gasteiger partial charge in [-0.3, -0.25) is 9.59 Å². The topological polar surface area (TPSA) is 93.1 Å². The molecule has 6 nitrogen and oxygen atoms in total. The van der Waals surface area contributed by atoms with Crippen LogP contribution < -0.4 is 9.47 Å². The van der Waals surface area contributed by atoms with Crippen LogP contribution >= 0.6 is 46.4 Å². The summed E-state index contributed by atoms with van der Waals surface area (Å²) in [6.45, 7) is 0. The molecule has 0 aliphatic heterocycles. The zero-order valence-corrected chi connectivity index (χ0v) is 19.0. The minimum atomic E-state index is -2.15. The summed E-state index contributed by atoms with van der Waals surface area (Å²) in [5.74, 6) is -1.30. The quantitative estimate of drug-likeness (QED) is 0.270. The maximum Gasteiger partial charge on any atom is 0.338 e. The summed E-state index contributed by atoms with van der Waals surface area (Å²) < 4.78 is 7.82. The number of phenols is 2. The summed E-state index contributed by atoms with van der Waals surface area (Å²) >= 11 is 22.8. The Kier molecular flexibility index (Phi) is 8.65. The first-order valence-corrected chi connectivity index (χ1v) is 10.1. The average molecular weight is 506 g/mol. The molecule has 2 N–H and O–H groups in total. The van der Waals surface area contributed by atoms with Gasteiger partial charge in [0.1, 0.15) is 0 Å². The van der Waals surface area contributed by atoms with E-state index < -0.39 is 15.5 Å². The highest BCUT2D eigenvalue weighted by Gasteiger charge is 2.26. The number of ether oxygens (including phenoxy) is 2. The lowest BCUT2D eigenvalue weighted by Gasteiger charge is -2.16. The van der Waals surface area contributed by atoms with Gasteiger partial charge in [-0.05, 0) is 88.4 Å². The number of benzene rings is 2. The van der Waals surface area contributed by atoms with Crippen molar-refractivity contribution in [1.82, 2.24) is 0 Å². The number of ketones is 2. The largest absolute Gasteiger partial charge is 0.504 e. The van der Waals surface area contributed by atoms with Crippen LogP contribution in [0.3, 0.4) is 0 Å². The fraction of sp³-hybridized carbons (Fsp3) is 0.143. The average Bonchev–Trinajstić information content (AvgIpc) is 2.69. The lowest BCUT2D eigenvalue weighted by Crippen LogP contribution is -2.13. The molecule has 0 unspecified atom stereocenters. The van der Waals surface area contributed by atoms with E-state index in [9.17, 15) is 19.8 Å². The first-order valence-electron chi connectivity index (χ1n) is 8.56. The van der Waals surface area contributed by atoms with Crippen LogP contribution in [0.25, 0.3) is 12.2 Å². The Labute approximate surface area is 198 Å². The monoisotopic (exact) mass is 504 g/mol. The molecule has 2 rings (SSSR count). The van der Waals surface area contributed by atoms with E-state index in [2.05, 4.69) is 0 Å². The van der Waals surface area contributed by atoms with Gasteiger partial charge < -0.3 is 19.7 Å². The predicted molar refractivity (Wildman–Crippen MR) is 121 cm³/mol. The molecule has 2 aromatic carbocycles. The number of carbonyl (C=O) groups is 2. The van der Waals surface area contributed by atoms with Gasteiger partial charge in [-0.1, -0.05) is 23.7 Å². The number of halogens is 4. The molecule has 0 spiro atoms. The molecular weight excluding hydrogens is 490 g/mol. The second-order valence-electron chi connectivity index (χ2n) is 6.07. The van der Waals surface area contributed by atoms with Crippen molar-refractivity contribution in [2.75, 3.05) is 7.11 Å². The molecule has 0 heterocycles. The minimum Gasteiger partial charge on any atom is -0.504 e. The SMILES string of the molecule is COc1cc(/C=C/C(=O)CC(=O)/C=C/c2ccc(O)c(OC(Cl)(Cl)Cl)c2Cl)ccc1O. The number of aromatic hydroxyl groups is 2. The summed E-state index contributed by atoms with van der Waals surface area (Å²) in [6, 6.07) is 7.24. The Hall–Kier alpha value is -2.38. The second kappa shape index (κ2) is 10.8. The van der Waals surface area contributed by atoms with Crippen molar-refractivity contribution in [2.45, 2.75) is 10.4 Å². The zero-order chi connectivity index (χ0) is 23.2. The Morgan fingerprint density at radius 2 is 1.61 bits per heavy atom. The lowest BCUT2D eigenvalue weighted by atomic mass is 10.1. The van der Waals surface area contributed by atoms with Gasteiger partial charge in [-0.2, -0.15) is 0 Å². The van der Waals surface area contributed by atoms with Gasteiger partial charge in [0, 0.05) is 0 Å². The summed E-state index contributed by atoms with van der Waals surface area (Å²) in [5, 5.41) is 19.3. The van der Waals surface area contributed by atoms with Crippen molar-refractivity contribution < 1.29 is 29.3 Å². The molecule has 0 saturated carbocycles. The standard InChI is InChI=1S/C21H16Cl4O6/c1-30-18-10-12(3-8-16(18)28)2-6-14(26)11-15(27)7-4-13-5-9-17(29)20(19(13)22)31-21(23,24)25/h2-10,28-29H,11H2,1H3/b6-2+,7-4+. The fourth-order valence-electron chi connectivity index (χ4n) is 2.36. The maximum atomic E-state index is 12.1. The highest BCUT2D eigenvalue weighted by molar-refractivity contribution is 6.66. The van der Waals surface area contributed by atoms with Crippen molar-refractivity contribution in [3.63, 3.8) is 0 Å². The molecule has 10 heteroatoms. The van der Waals surface area contributed by atoms with E-state index >= 15 is 0 Å². The summed E-state index contributed by atoms with van der Waals surface area (Å²) in [5.41, 5.74) is 0.916. The Morgan fingerprint density at radius 1 is 1.00 bits per heavy atom. The van der Waals surface area contributed by atoms with Crippen LogP contribution in [0.5, 0.6) is 23.0 Å². The van der Waals surface area contributed by atoms with E-state index in [-0.39, 0.29) is 34.4 Å². The van der Waals surface area contributed by atoms with Gasteiger partial charge in [-0.25, -0.2) is 0 Å². The lowest BCUT2D eigenvalue weighted by molar-refractivity contribution is -0.121. The van der Waals surface area contributed by atoms with Crippen molar-refractivity contribution in [3.05, 3.63) is 58.6 Å². The third kappa shape index (κ3) is 7.67. The molecule has 164 valence electrons. The Balaban J connectivity index is 2.05. The molecular formula is C21H16Cl4O6. The molecule has 0 amide bonds. The first kappa shape index (κ1) is 24.9. The number of hydrogen-bond donors (Lipinski definition) is 2. The van der Waals surface area contributed by atoms with E-state index in [1.54, 1.807) is 12.1 Å². The number of allylic oxidation sites excluding steroid dienone is 2. The molecule has 0 radical (unpaired) electrons. The number of hydrogen-bond acceptors (Lipinski definition) is 6. The van der Waals surface area contributed by atoms with E-state index in [0.717, 1.165) is 6.08 Å². The van der Waals surface area contributed by atoms with Crippen LogP contribution in [0.15, 0.2) is 42.5 Å². The molecule has 0 aliphatic rings. The van der Waals surface area contributed by atoms with E-state index in [4.69, 9.17) is 55.9 Å². The number of alkyl halides is 3. The molecule has 2 aromatic rings. The smallest absolute Gasteiger partial charge is 0.338 e. The second-order valence-corrected chi connectivity index (χ2v) is 8.63. The summed E-state index contributed by atoms with van der Waals surface area (Å²) in [7, 11) is 1.41. The summed E-state index contributed by atoms with van der Waals surface area (Å²) in [4.78, 5) is 24.1. The Bertz CT molecular complexity index is 1040. The van der Waals surface area contributed by atoms with Gasteiger partial charge in [-0.15, -0.1) is 0 Å². The first-order chi connectivity index (χ1) is 14.5. The molecule has 0 aliphatic carbocycles. The van der Waals surface area contributed by atoms with Crippen molar-refractivity contribution in [2.24, 2.45) is 0 Å². The molecule has 31 heavy (non-hydrogen) atoms. The van der Waals surface area contributed by atoms with Gasteiger partial charge in [0.2, 0.25) is 0 Å². The number of rotatable bonds is 8. The van der Waals surface area contributed by atoms with E-state index in [1.807, 2.05) is 0 Å². The van der Waals surface area contributed by atoms with Crippen LogP contribution in [0.4, 0.5) is 0 Å². The molecule has 0 bridgehead atoms. The van der Waals surface area contributed by atoms with Crippen molar-refractivity contribution >= 4 is 70.1 Å². The number of phenolic OH excluding ortho intramolecular Hbond substituents is 2. The van der Waals surface area contributed by atoms with Crippen LogP contribution in [-0.4, -0.2) is 32.9 Å². The van der Waals surface area contributed by atoms with Gasteiger partial charge >= 0.3 is 3.98 Å². The van der Waals surface area contributed by atoms with Gasteiger partial charge in [0.25, 0.3) is 0 Å². The minimum absolute atomic E-state index is 0.0263. The van der Waals surface area contributed by atoms with Crippen LogP contribution in [0.1, 0.15) is 17.5 Å². The summed E-state index contributed by atoms with van der Waals surface area (Å²) in [6.07, 6.45) is 4.87. The molecule has 0 fully saturated rings. The third-order valence-electron chi connectivity index (χ3n) is 3.79. The number of carbonyl (C=O) groups excluding carboxylic acids is 2. The van der Waals surface area contributed by atoms with Gasteiger partial charge in [0.15, 0.2) is 34.6 Å². The zero-order valence-electron chi connectivity index (χ0n) is 15.9. The van der Waals surface area contributed by atoms with E-state index in [0.29, 0.717) is 11.1 Å². The number of methoxy groups -OCH3 is 1. The molecule has 0 aromatic heterocycles. The van der Waals surface area contributed by atoms with Crippen LogP contribution in [0, 0.1) is 0 Å². The maximum absolute atomic E-state index is 12.1. The van der Waals surface area contributed by atoms with Crippen molar-refractivity contribution in [3.8, 4) is 23.0 Å². The normalized spacial score (nSPS) is 11.8. The predicted octanol–water partition coefficient (Wildman–Crippen LogP) is 5.72. The Morgan fingerprint density at radius 3 is 2.23 bits per heavy atom. The molecule has 0 saturated heterocycles. The van der Waals surface area contributed by atoms with Crippen LogP contribution in [0.2, 0.25) is 5.02 Å². The fourth-order valence-corrected chi connectivity index (χ4v) is 2.85. The van der Waals surface area contributed by atoms with Crippen LogP contribution in [-0.2, 0) is 9.59 Å². The molecule has 0 atom stereocenters. The third-order valence-corrected chi connectivity index (χ3v) is 4.41. The van der Waals surface area contributed by atoms with Crippen molar-refractivity contribution in [1.29, 1.82) is 0 Å². The van der Waals surface area contributed by atoms with Gasteiger partial charge in [0.05, 0.1) is 18.6 Å². The highest BCUT2D eigenvalue weighted by Crippen LogP contribution is 2.42.